The summed E-state index contributed by atoms with van der Waals surface area (Å²) in [4.78, 5) is 12.8. The van der Waals surface area contributed by atoms with Crippen LogP contribution in [0.25, 0.3) is 0 Å². The summed E-state index contributed by atoms with van der Waals surface area (Å²) in [6.45, 7) is 3.79. The third-order valence-electron chi connectivity index (χ3n) is 2.63. The highest BCUT2D eigenvalue weighted by Crippen LogP contribution is 2.32. The minimum atomic E-state index is -0.0954. The van der Waals surface area contributed by atoms with Gasteiger partial charge in [-0.25, -0.2) is 0 Å². The highest BCUT2D eigenvalue weighted by Gasteiger charge is 2.12. The van der Waals surface area contributed by atoms with Gasteiger partial charge in [-0.2, -0.15) is 0 Å². The van der Waals surface area contributed by atoms with Gasteiger partial charge in [0.25, 0.3) is 5.91 Å². The highest BCUT2D eigenvalue weighted by molar-refractivity contribution is 9.13. The van der Waals surface area contributed by atoms with Gasteiger partial charge in [0.15, 0.2) is 0 Å². The third-order valence-corrected chi connectivity index (χ3v) is 5.89. The number of hydrogen-bond donors (Lipinski definition) is 2. The number of hydrogen-bond acceptors (Lipinski definition) is 3. The maximum Gasteiger partial charge on any atom is 0.265 e. The topological polar surface area (TPSA) is 41.1 Å². The molecule has 2 rings (SSSR count). The summed E-state index contributed by atoms with van der Waals surface area (Å²) >= 11 is 8.18. The van der Waals surface area contributed by atoms with Crippen LogP contribution in [0.15, 0.2) is 38.6 Å². The Bertz CT molecular complexity index is 593. The predicted octanol–water partition coefficient (Wildman–Crippen LogP) is 4.63. The first-order valence-corrected chi connectivity index (χ1v) is 8.56. The molecule has 2 N–H and O–H groups in total. The van der Waals surface area contributed by atoms with E-state index in [2.05, 4.69) is 49.4 Å². The van der Waals surface area contributed by atoms with Gasteiger partial charge in [0, 0.05) is 16.7 Å². The lowest BCUT2D eigenvalue weighted by Gasteiger charge is -2.07. The van der Waals surface area contributed by atoms with E-state index in [1.165, 1.54) is 11.3 Å². The number of amides is 1. The van der Waals surface area contributed by atoms with E-state index in [0.29, 0.717) is 4.88 Å². The fourth-order valence-electron chi connectivity index (χ4n) is 1.68. The maximum atomic E-state index is 12.1. The highest BCUT2D eigenvalue weighted by atomic mass is 79.9. The van der Waals surface area contributed by atoms with Crippen molar-refractivity contribution in [2.75, 3.05) is 11.9 Å². The number of anilines is 1. The van der Waals surface area contributed by atoms with Crippen molar-refractivity contribution >= 4 is 54.8 Å². The molecule has 20 heavy (non-hydrogen) atoms. The molecule has 0 unspecified atom stereocenters. The zero-order chi connectivity index (χ0) is 14.5. The van der Waals surface area contributed by atoms with Crippen LogP contribution in [0.4, 0.5) is 5.69 Å². The summed E-state index contributed by atoms with van der Waals surface area (Å²) in [5.74, 6) is -0.0954. The van der Waals surface area contributed by atoms with E-state index in [1.807, 2.05) is 30.3 Å². The number of thiophene rings is 1. The molecule has 0 aliphatic heterocycles. The van der Waals surface area contributed by atoms with Gasteiger partial charge < -0.3 is 10.6 Å². The van der Waals surface area contributed by atoms with E-state index in [9.17, 15) is 4.79 Å². The Hall–Kier alpha value is -0.690. The van der Waals surface area contributed by atoms with Crippen LogP contribution < -0.4 is 10.6 Å². The van der Waals surface area contributed by atoms with Crippen LogP contribution in [0, 0.1) is 0 Å². The molecule has 0 fully saturated rings. The van der Waals surface area contributed by atoms with Crippen LogP contribution in [0.3, 0.4) is 0 Å². The zero-order valence-electron chi connectivity index (χ0n) is 10.9. The van der Waals surface area contributed by atoms with Crippen molar-refractivity contribution in [1.82, 2.24) is 5.32 Å². The lowest BCUT2D eigenvalue weighted by atomic mass is 10.2. The van der Waals surface area contributed by atoms with E-state index in [0.717, 1.165) is 32.6 Å². The standard InChI is InChI=1S/C14H14Br2N2OS/c1-2-17-8-9-4-3-5-10(6-9)18-14(19)12-7-11(15)13(16)20-12/h3-7,17H,2,8H2,1H3,(H,18,19). The van der Waals surface area contributed by atoms with Gasteiger partial charge >= 0.3 is 0 Å². The van der Waals surface area contributed by atoms with Crippen molar-refractivity contribution in [3.8, 4) is 0 Å². The molecule has 106 valence electrons. The lowest BCUT2D eigenvalue weighted by molar-refractivity contribution is 0.103. The molecule has 3 nitrogen and oxygen atoms in total. The molecule has 1 amide bonds. The van der Waals surface area contributed by atoms with Crippen molar-refractivity contribution in [2.45, 2.75) is 13.5 Å². The van der Waals surface area contributed by atoms with Crippen LogP contribution in [-0.2, 0) is 6.54 Å². The van der Waals surface area contributed by atoms with E-state index < -0.39 is 0 Å². The Labute approximate surface area is 139 Å². The quantitative estimate of drug-likeness (QED) is 0.744. The van der Waals surface area contributed by atoms with Crippen molar-refractivity contribution < 1.29 is 4.79 Å². The van der Waals surface area contributed by atoms with E-state index in [-0.39, 0.29) is 5.91 Å². The maximum absolute atomic E-state index is 12.1. The summed E-state index contributed by atoms with van der Waals surface area (Å²) in [5, 5.41) is 6.18. The van der Waals surface area contributed by atoms with E-state index in [4.69, 9.17) is 0 Å². The molecule has 2 aromatic rings. The van der Waals surface area contributed by atoms with Gasteiger partial charge in [0.1, 0.15) is 0 Å². The minimum Gasteiger partial charge on any atom is -0.321 e. The van der Waals surface area contributed by atoms with Crippen molar-refractivity contribution in [3.63, 3.8) is 0 Å². The number of rotatable bonds is 5. The molecular formula is C14H14Br2N2OS. The van der Waals surface area contributed by atoms with Gasteiger partial charge in [0.2, 0.25) is 0 Å². The molecule has 0 atom stereocenters. The Kier molecular flexibility index (Phi) is 5.77. The minimum absolute atomic E-state index is 0.0954. The Morgan fingerprint density at radius 3 is 2.75 bits per heavy atom. The molecular weight excluding hydrogens is 404 g/mol. The molecule has 6 heteroatoms. The van der Waals surface area contributed by atoms with Crippen LogP contribution >= 0.6 is 43.2 Å². The van der Waals surface area contributed by atoms with Crippen LogP contribution in [0.5, 0.6) is 0 Å². The first-order chi connectivity index (χ1) is 9.60. The third kappa shape index (κ3) is 4.15. The van der Waals surface area contributed by atoms with Gasteiger partial charge in [-0.15, -0.1) is 11.3 Å². The molecule has 1 heterocycles. The normalized spacial score (nSPS) is 10.6. The molecule has 0 aliphatic rings. The fraction of sp³-hybridized carbons (Fsp3) is 0.214. The number of carbonyl (C=O) groups excluding carboxylic acids is 1. The average molecular weight is 418 g/mol. The molecule has 0 spiro atoms. The van der Waals surface area contributed by atoms with Gasteiger partial charge in [-0.3, -0.25) is 4.79 Å². The van der Waals surface area contributed by atoms with Gasteiger partial charge in [-0.05, 0) is 62.2 Å². The smallest absolute Gasteiger partial charge is 0.265 e. The number of halogens is 2. The average Bonchev–Trinajstić information content (AvgIpc) is 2.77. The summed E-state index contributed by atoms with van der Waals surface area (Å²) in [6, 6.07) is 9.68. The summed E-state index contributed by atoms with van der Waals surface area (Å²) in [6.07, 6.45) is 0. The second kappa shape index (κ2) is 7.36. The summed E-state index contributed by atoms with van der Waals surface area (Å²) < 4.78 is 1.82. The summed E-state index contributed by atoms with van der Waals surface area (Å²) in [7, 11) is 0. The first kappa shape index (κ1) is 15.7. The Balaban J connectivity index is 2.07. The molecule has 0 aliphatic carbocycles. The van der Waals surface area contributed by atoms with Crippen molar-refractivity contribution in [1.29, 1.82) is 0 Å². The molecule has 1 aromatic carbocycles. The van der Waals surface area contributed by atoms with Crippen molar-refractivity contribution in [3.05, 3.63) is 49.0 Å². The Morgan fingerprint density at radius 1 is 1.30 bits per heavy atom. The SMILES string of the molecule is CCNCc1cccc(NC(=O)c2cc(Br)c(Br)s2)c1. The largest absolute Gasteiger partial charge is 0.321 e. The summed E-state index contributed by atoms with van der Waals surface area (Å²) in [5.41, 5.74) is 1.96. The molecule has 0 radical (unpaired) electrons. The number of nitrogens with one attached hydrogen (secondary N) is 2. The van der Waals surface area contributed by atoms with Crippen LogP contribution in [0.1, 0.15) is 22.2 Å². The molecule has 1 aromatic heterocycles. The second-order valence-corrected chi connectivity index (χ2v) is 7.39. The second-order valence-electron chi connectivity index (χ2n) is 4.17. The van der Waals surface area contributed by atoms with Crippen LogP contribution in [-0.4, -0.2) is 12.5 Å². The monoisotopic (exact) mass is 416 g/mol. The van der Waals surface area contributed by atoms with Gasteiger partial charge in [0.05, 0.1) is 8.66 Å². The van der Waals surface area contributed by atoms with E-state index >= 15 is 0 Å². The molecule has 0 bridgehead atoms. The molecule has 0 saturated heterocycles. The fourth-order valence-corrected chi connectivity index (χ4v) is 3.61. The molecule has 0 saturated carbocycles. The lowest BCUT2D eigenvalue weighted by Crippen LogP contribution is -2.13. The van der Waals surface area contributed by atoms with E-state index in [1.54, 1.807) is 0 Å². The zero-order valence-corrected chi connectivity index (χ0v) is 14.9. The van der Waals surface area contributed by atoms with Crippen molar-refractivity contribution in [2.24, 2.45) is 0 Å². The number of benzene rings is 1. The number of carbonyl (C=O) groups is 1. The van der Waals surface area contributed by atoms with Gasteiger partial charge in [-0.1, -0.05) is 19.1 Å². The Morgan fingerprint density at radius 2 is 2.10 bits per heavy atom. The first-order valence-electron chi connectivity index (χ1n) is 6.16. The van der Waals surface area contributed by atoms with Crippen LogP contribution in [0.2, 0.25) is 0 Å². The predicted molar refractivity (Wildman–Crippen MR) is 91.5 cm³/mol.